The van der Waals surface area contributed by atoms with Crippen molar-refractivity contribution in [2.75, 3.05) is 26.2 Å². The molecular formula is C20H29FN6. The Morgan fingerprint density at radius 3 is 2.44 bits per heavy atom. The van der Waals surface area contributed by atoms with E-state index in [1.54, 1.807) is 12.1 Å². The van der Waals surface area contributed by atoms with Gasteiger partial charge in [0.25, 0.3) is 0 Å². The molecular weight excluding hydrogens is 343 g/mol. The minimum Gasteiger partial charge on any atom is -0.298 e. The van der Waals surface area contributed by atoms with E-state index in [0.29, 0.717) is 6.54 Å². The molecule has 0 spiro atoms. The van der Waals surface area contributed by atoms with Crippen LogP contribution in [0.4, 0.5) is 4.39 Å². The molecule has 27 heavy (non-hydrogen) atoms. The van der Waals surface area contributed by atoms with Gasteiger partial charge < -0.3 is 0 Å². The molecule has 2 aromatic rings. The van der Waals surface area contributed by atoms with Crippen molar-refractivity contribution in [2.45, 2.75) is 57.7 Å². The third-order valence-corrected chi connectivity index (χ3v) is 6.12. The van der Waals surface area contributed by atoms with E-state index in [1.807, 2.05) is 4.68 Å². The summed E-state index contributed by atoms with van der Waals surface area (Å²) in [5.41, 5.74) is 1.01. The Morgan fingerprint density at radius 2 is 1.78 bits per heavy atom. The maximum atomic E-state index is 13.2. The van der Waals surface area contributed by atoms with Gasteiger partial charge in [0.15, 0.2) is 5.82 Å². The molecule has 2 aliphatic rings. The summed E-state index contributed by atoms with van der Waals surface area (Å²) < 4.78 is 15.0. The van der Waals surface area contributed by atoms with E-state index in [0.717, 1.165) is 50.0 Å². The number of benzene rings is 1. The van der Waals surface area contributed by atoms with E-state index >= 15 is 0 Å². The van der Waals surface area contributed by atoms with Crippen LogP contribution in [0.5, 0.6) is 0 Å². The molecule has 1 saturated heterocycles. The quantitative estimate of drug-likeness (QED) is 0.780. The summed E-state index contributed by atoms with van der Waals surface area (Å²) in [6, 6.07) is 7.59. The van der Waals surface area contributed by atoms with Gasteiger partial charge in [-0.15, -0.1) is 5.10 Å². The SMILES string of the molecule is CCC(c1nnnn1Cc1ccc(F)cc1)N1CCN(C2CCCC2)CC1. The highest BCUT2D eigenvalue weighted by molar-refractivity contribution is 5.16. The normalized spacial score (nSPS) is 21.0. The Kier molecular flexibility index (Phi) is 5.78. The van der Waals surface area contributed by atoms with Gasteiger partial charge in [0, 0.05) is 32.2 Å². The Hall–Kier alpha value is -1.86. The number of rotatable bonds is 6. The molecule has 4 rings (SSSR count). The maximum Gasteiger partial charge on any atom is 0.168 e. The Labute approximate surface area is 160 Å². The second-order valence-corrected chi connectivity index (χ2v) is 7.76. The molecule has 146 valence electrons. The second kappa shape index (κ2) is 8.44. The van der Waals surface area contributed by atoms with E-state index in [4.69, 9.17) is 0 Å². The number of hydrogen-bond donors (Lipinski definition) is 0. The zero-order valence-electron chi connectivity index (χ0n) is 16.1. The van der Waals surface area contributed by atoms with Crippen molar-refractivity contribution >= 4 is 0 Å². The van der Waals surface area contributed by atoms with Crippen molar-refractivity contribution in [1.29, 1.82) is 0 Å². The lowest BCUT2D eigenvalue weighted by atomic mass is 10.1. The van der Waals surface area contributed by atoms with Crippen LogP contribution in [0.1, 0.15) is 56.5 Å². The summed E-state index contributed by atoms with van der Waals surface area (Å²) in [4.78, 5) is 5.20. The van der Waals surface area contributed by atoms with Gasteiger partial charge >= 0.3 is 0 Å². The first-order valence-electron chi connectivity index (χ1n) is 10.2. The molecule has 1 aliphatic carbocycles. The molecule has 0 radical (unpaired) electrons. The standard InChI is InChI=1S/C20H29FN6/c1-2-19(26-13-11-25(12-14-26)18-5-3-4-6-18)20-22-23-24-27(20)15-16-7-9-17(21)10-8-16/h7-10,18-19H,2-6,11-15H2,1H3. The number of nitrogens with zero attached hydrogens (tertiary/aromatic N) is 6. The van der Waals surface area contributed by atoms with E-state index in [1.165, 1.54) is 37.8 Å². The van der Waals surface area contributed by atoms with Crippen LogP contribution in [0.15, 0.2) is 24.3 Å². The summed E-state index contributed by atoms with van der Waals surface area (Å²) in [6.45, 7) is 7.18. The molecule has 1 aromatic carbocycles. The number of tetrazole rings is 1. The van der Waals surface area contributed by atoms with Gasteiger partial charge in [0.1, 0.15) is 5.82 Å². The molecule has 0 bridgehead atoms. The number of hydrogen-bond acceptors (Lipinski definition) is 5. The highest BCUT2D eigenvalue weighted by Crippen LogP contribution is 2.28. The van der Waals surface area contributed by atoms with Crippen molar-refractivity contribution in [1.82, 2.24) is 30.0 Å². The first-order valence-corrected chi connectivity index (χ1v) is 10.2. The number of aromatic nitrogens is 4. The van der Waals surface area contributed by atoms with E-state index in [2.05, 4.69) is 32.2 Å². The van der Waals surface area contributed by atoms with Crippen molar-refractivity contribution in [3.8, 4) is 0 Å². The topological polar surface area (TPSA) is 50.1 Å². The lowest BCUT2D eigenvalue weighted by Crippen LogP contribution is -2.50. The van der Waals surface area contributed by atoms with Crippen LogP contribution in [0.3, 0.4) is 0 Å². The lowest BCUT2D eigenvalue weighted by Gasteiger charge is -2.40. The second-order valence-electron chi connectivity index (χ2n) is 7.76. The predicted octanol–water partition coefficient (Wildman–Crippen LogP) is 2.87. The van der Waals surface area contributed by atoms with Crippen molar-refractivity contribution in [2.24, 2.45) is 0 Å². The first-order chi connectivity index (χ1) is 13.2. The fraction of sp³-hybridized carbons (Fsp3) is 0.650. The fourth-order valence-corrected chi connectivity index (χ4v) is 4.61. The van der Waals surface area contributed by atoms with Crippen LogP contribution < -0.4 is 0 Å². The fourth-order valence-electron chi connectivity index (χ4n) is 4.61. The van der Waals surface area contributed by atoms with Gasteiger partial charge in [-0.05, 0) is 47.4 Å². The lowest BCUT2D eigenvalue weighted by molar-refractivity contribution is 0.0646. The summed E-state index contributed by atoms with van der Waals surface area (Å²) >= 11 is 0. The van der Waals surface area contributed by atoms with Crippen LogP contribution in [0, 0.1) is 5.82 Å². The summed E-state index contributed by atoms with van der Waals surface area (Å²) in [7, 11) is 0. The van der Waals surface area contributed by atoms with E-state index in [-0.39, 0.29) is 11.9 Å². The Morgan fingerprint density at radius 1 is 1.07 bits per heavy atom. The minimum atomic E-state index is -0.220. The number of halogens is 1. The van der Waals surface area contributed by atoms with Crippen LogP contribution in [-0.2, 0) is 6.54 Å². The molecule has 0 N–H and O–H groups in total. The zero-order valence-corrected chi connectivity index (χ0v) is 16.1. The van der Waals surface area contributed by atoms with Crippen molar-refractivity contribution < 1.29 is 4.39 Å². The van der Waals surface area contributed by atoms with Crippen LogP contribution in [0.25, 0.3) is 0 Å². The van der Waals surface area contributed by atoms with Crippen molar-refractivity contribution in [3.63, 3.8) is 0 Å². The van der Waals surface area contributed by atoms with Crippen LogP contribution >= 0.6 is 0 Å². The summed E-state index contributed by atoms with van der Waals surface area (Å²) in [6.07, 6.45) is 6.49. The van der Waals surface area contributed by atoms with Gasteiger partial charge in [-0.1, -0.05) is 31.9 Å². The minimum absolute atomic E-state index is 0.220. The molecule has 0 amide bonds. The van der Waals surface area contributed by atoms with Crippen LogP contribution in [0.2, 0.25) is 0 Å². The van der Waals surface area contributed by atoms with Gasteiger partial charge in [0.2, 0.25) is 0 Å². The smallest absolute Gasteiger partial charge is 0.168 e. The largest absolute Gasteiger partial charge is 0.298 e. The summed E-state index contributed by atoms with van der Waals surface area (Å²) in [5.74, 6) is 0.693. The molecule has 1 unspecified atom stereocenters. The molecule has 1 aromatic heterocycles. The third kappa shape index (κ3) is 4.19. The molecule has 6 nitrogen and oxygen atoms in total. The van der Waals surface area contributed by atoms with Gasteiger partial charge in [0.05, 0.1) is 12.6 Å². The molecule has 2 fully saturated rings. The van der Waals surface area contributed by atoms with E-state index in [9.17, 15) is 4.39 Å². The van der Waals surface area contributed by atoms with Gasteiger partial charge in [-0.3, -0.25) is 9.80 Å². The molecule has 1 saturated carbocycles. The molecule has 1 aliphatic heterocycles. The molecule has 2 heterocycles. The maximum absolute atomic E-state index is 13.2. The number of piperazine rings is 1. The monoisotopic (exact) mass is 372 g/mol. The van der Waals surface area contributed by atoms with Gasteiger partial charge in [-0.2, -0.15) is 0 Å². The summed E-state index contributed by atoms with van der Waals surface area (Å²) in [5, 5.41) is 12.5. The highest BCUT2D eigenvalue weighted by Gasteiger charge is 2.31. The third-order valence-electron chi connectivity index (χ3n) is 6.12. The average molecular weight is 372 g/mol. The van der Waals surface area contributed by atoms with Gasteiger partial charge in [-0.25, -0.2) is 9.07 Å². The highest BCUT2D eigenvalue weighted by atomic mass is 19.1. The predicted molar refractivity (Wildman–Crippen MR) is 102 cm³/mol. The first kappa shape index (κ1) is 18.5. The van der Waals surface area contributed by atoms with E-state index < -0.39 is 0 Å². The van der Waals surface area contributed by atoms with Crippen molar-refractivity contribution in [3.05, 3.63) is 41.5 Å². The zero-order chi connectivity index (χ0) is 18.6. The molecule has 7 heteroatoms. The van der Waals surface area contributed by atoms with Crippen LogP contribution in [-0.4, -0.2) is 62.2 Å². The average Bonchev–Trinajstić information content (AvgIpc) is 3.38. The Balaban J connectivity index is 1.42. The Bertz CT molecular complexity index is 716. The molecule has 1 atom stereocenters.